The molecular weight excluding hydrogens is 176 g/mol. The lowest BCUT2D eigenvalue weighted by molar-refractivity contribution is 0.881. The quantitative estimate of drug-likeness (QED) is 0.745. The first-order chi connectivity index (χ1) is 6.68. The monoisotopic (exact) mass is 192 g/mol. The molecule has 0 amide bonds. The molecule has 1 aromatic rings. The third kappa shape index (κ3) is 3.98. The van der Waals surface area contributed by atoms with Crippen molar-refractivity contribution in [3.63, 3.8) is 0 Å². The van der Waals surface area contributed by atoms with Gasteiger partial charge in [-0.25, -0.2) is 0 Å². The maximum absolute atomic E-state index is 3.86. The van der Waals surface area contributed by atoms with Gasteiger partial charge in [-0.1, -0.05) is 17.2 Å². The highest BCUT2D eigenvalue weighted by Gasteiger charge is 1.94. The van der Waals surface area contributed by atoms with Crippen molar-refractivity contribution in [2.45, 2.75) is 33.6 Å². The lowest BCUT2D eigenvalue weighted by Crippen LogP contribution is -1.81. The van der Waals surface area contributed by atoms with Gasteiger partial charge in [0.25, 0.3) is 0 Å². The summed E-state index contributed by atoms with van der Waals surface area (Å²) in [6.45, 7) is 6.30. The number of allylic oxidation sites excluding steroid dienone is 3. The Balaban J connectivity index is 2.42. The third-order valence-electron chi connectivity index (χ3n) is 1.83. The zero-order valence-corrected chi connectivity index (χ0v) is 8.91. The summed E-state index contributed by atoms with van der Waals surface area (Å²) < 4.78 is 0. The minimum atomic E-state index is 0.653. The molecule has 0 aliphatic heterocycles. The summed E-state index contributed by atoms with van der Waals surface area (Å²) >= 11 is 0. The summed E-state index contributed by atoms with van der Waals surface area (Å²) in [6, 6.07) is 0. The molecule has 0 saturated heterocycles. The summed E-state index contributed by atoms with van der Waals surface area (Å²) in [5.41, 5.74) is 2.63. The van der Waals surface area contributed by atoms with Crippen LogP contribution in [0.15, 0.2) is 17.2 Å². The predicted molar refractivity (Wildman–Crippen MR) is 56.5 cm³/mol. The lowest BCUT2D eigenvalue weighted by atomic mass is 10.1. The highest BCUT2D eigenvalue weighted by molar-refractivity contribution is 5.42. The van der Waals surface area contributed by atoms with Crippen LogP contribution in [-0.2, 0) is 0 Å². The zero-order valence-electron chi connectivity index (χ0n) is 8.91. The third-order valence-corrected chi connectivity index (χ3v) is 1.83. The van der Waals surface area contributed by atoms with E-state index in [-0.39, 0.29) is 0 Å². The molecule has 76 valence electrons. The largest absolute Gasteiger partial charge is 0.197 e. The smallest absolute Gasteiger partial charge is 0.177 e. The van der Waals surface area contributed by atoms with Gasteiger partial charge in [-0.2, -0.15) is 5.21 Å². The Morgan fingerprint density at radius 1 is 1.36 bits per heavy atom. The Kier molecular flexibility index (Phi) is 4.04. The normalized spacial score (nSPS) is 11.5. The summed E-state index contributed by atoms with van der Waals surface area (Å²) in [7, 11) is 0. The van der Waals surface area contributed by atoms with Crippen LogP contribution in [0.3, 0.4) is 0 Å². The molecule has 0 radical (unpaired) electrons. The molecule has 0 saturated carbocycles. The minimum absolute atomic E-state index is 0.653. The van der Waals surface area contributed by atoms with Gasteiger partial charge in [0.1, 0.15) is 0 Å². The molecule has 0 aliphatic carbocycles. The number of nitrogens with one attached hydrogen (secondary N) is 1. The van der Waals surface area contributed by atoms with Gasteiger partial charge in [-0.05, 0) is 44.9 Å². The van der Waals surface area contributed by atoms with E-state index in [1.54, 1.807) is 0 Å². The number of aromatic nitrogens is 4. The van der Waals surface area contributed by atoms with Gasteiger partial charge in [0.05, 0.1) is 0 Å². The van der Waals surface area contributed by atoms with Crippen molar-refractivity contribution in [2.24, 2.45) is 0 Å². The molecule has 0 atom stereocenters. The van der Waals surface area contributed by atoms with Crippen LogP contribution < -0.4 is 0 Å². The number of aromatic amines is 1. The van der Waals surface area contributed by atoms with Crippen LogP contribution in [0.2, 0.25) is 0 Å². The number of hydrogen-bond donors (Lipinski definition) is 1. The van der Waals surface area contributed by atoms with E-state index in [0.29, 0.717) is 5.82 Å². The highest BCUT2D eigenvalue weighted by atomic mass is 15.5. The summed E-state index contributed by atoms with van der Waals surface area (Å²) in [5, 5.41) is 13.6. The van der Waals surface area contributed by atoms with Crippen molar-refractivity contribution in [2.75, 3.05) is 0 Å². The lowest BCUT2D eigenvalue weighted by Gasteiger charge is -1.96. The summed E-state index contributed by atoms with van der Waals surface area (Å²) in [4.78, 5) is 0. The molecule has 4 heteroatoms. The first kappa shape index (κ1) is 10.6. The maximum Gasteiger partial charge on any atom is 0.197 e. The number of rotatable bonds is 4. The maximum atomic E-state index is 3.86. The second-order valence-electron chi connectivity index (χ2n) is 3.58. The first-order valence-electron chi connectivity index (χ1n) is 4.72. The van der Waals surface area contributed by atoms with Gasteiger partial charge in [0.2, 0.25) is 0 Å². The standard InChI is InChI=1S/C10H16N4/c1-8(2)5-4-6-9(3)7-10-11-13-14-12-10/h5,7H,4,6H2,1-3H3,(H,11,12,13,14). The van der Waals surface area contributed by atoms with Gasteiger partial charge in [0.15, 0.2) is 5.82 Å². The summed E-state index contributed by atoms with van der Waals surface area (Å²) in [5.74, 6) is 0.653. The molecule has 1 rings (SSSR count). The molecule has 4 nitrogen and oxygen atoms in total. The van der Waals surface area contributed by atoms with Crippen LogP contribution in [0.25, 0.3) is 6.08 Å². The van der Waals surface area contributed by atoms with Crippen molar-refractivity contribution in [1.82, 2.24) is 20.6 Å². The number of tetrazole rings is 1. The van der Waals surface area contributed by atoms with Crippen LogP contribution in [0.4, 0.5) is 0 Å². The van der Waals surface area contributed by atoms with E-state index in [1.807, 2.05) is 6.08 Å². The fraction of sp³-hybridized carbons (Fsp3) is 0.500. The Hall–Kier alpha value is -1.45. The van der Waals surface area contributed by atoms with Crippen LogP contribution in [0.1, 0.15) is 39.4 Å². The second-order valence-corrected chi connectivity index (χ2v) is 3.58. The van der Waals surface area contributed by atoms with Crippen molar-refractivity contribution in [3.8, 4) is 0 Å². The molecule has 0 unspecified atom stereocenters. The van der Waals surface area contributed by atoms with Crippen LogP contribution in [-0.4, -0.2) is 20.6 Å². The molecular formula is C10H16N4. The van der Waals surface area contributed by atoms with Crippen molar-refractivity contribution < 1.29 is 0 Å². The molecule has 1 heterocycles. The molecule has 1 aromatic heterocycles. The molecule has 0 aliphatic rings. The average Bonchev–Trinajstić information content (AvgIpc) is 2.56. The van der Waals surface area contributed by atoms with E-state index in [0.717, 1.165) is 12.8 Å². The highest BCUT2D eigenvalue weighted by Crippen LogP contribution is 2.08. The fourth-order valence-electron chi connectivity index (χ4n) is 1.11. The number of hydrogen-bond acceptors (Lipinski definition) is 3. The Bertz CT molecular complexity index is 318. The predicted octanol–water partition coefficient (Wildman–Crippen LogP) is 2.35. The molecule has 0 aromatic carbocycles. The van der Waals surface area contributed by atoms with Crippen LogP contribution >= 0.6 is 0 Å². The molecule has 0 spiro atoms. The van der Waals surface area contributed by atoms with E-state index in [9.17, 15) is 0 Å². The Labute approximate surface area is 84.1 Å². The van der Waals surface area contributed by atoms with E-state index in [4.69, 9.17) is 0 Å². The van der Waals surface area contributed by atoms with Gasteiger partial charge >= 0.3 is 0 Å². The van der Waals surface area contributed by atoms with E-state index < -0.39 is 0 Å². The molecule has 0 fully saturated rings. The Morgan fingerprint density at radius 3 is 2.71 bits per heavy atom. The molecule has 0 bridgehead atoms. The molecule has 1 N–H and O–H groups in total. The Morgan fingerprint density at radius 2 is 2.14 bits per heavy atom. The van der Waals surface area contributed by atoms with Gasteiger partial charge in [0, 0.05) is 0 Å². The van der Waals surface area contributed by atoms with Crippen molar-refractivity contribution in [1.29, 1.82) is 0 Å². The van der Waals surface area contributed by atoms with E-state index in [2.05, 4.69) is 47.5 Å². The first-order valence-corrected chi connectivity index (χ1v) is 4.72. The number of nitrogens with zero attached hydrogens (tertiary/aromatic N) is 3. The molecule has 14 heavy (non-hydrogen) atoms. The van der Waals surface area contributed by atoms with E-state index >= 15 is 0 Å². The van der Waals surface area contributed by atoms with Crippen molar-refractivity contribution >= 4 is 6.08 Å². The topological polar surface area (TPSA) is 54.5 Å². The van der Waals surface area contributed by atoms with Crippen LogP contribution in [0, 0.1) is 0 Å². The van der Waals surface area contributed by atoms with Gasteiger partial charge in [-0.15, -0.1) is 10.2 Å². The summed E-state index contributed by atoms with van der Waals surface area (Å²) in [6.07, 6.45) is 6.29. The van der Waals surface area contributed by atoms with Gasteiger partial charge in [-0.3, -0.25) is 0 Å². The SMILES string of the molecule is CC(C)=CCCC(C)=Cc1nn[nH]n1. The number of H-pyrrole nitrogens is 1. The minimum Gasteiger partial charge on any atom is -0.177 e. The zero-order chi connectivity index (χ0) is 10.4. The van der Waals surface area contributed by atoms with Crippen molar-refractivity contribution in [3.05, 3.63) is 23.0 Å². The van der Waals surface area contributed by atoms with E-state index in [1.165, 1.54) is 11.1 Å². The average molecular weight is 192 g/mol. The van der Waals surface area contributed by atoms with Gasteiger partial charge < -0.3 is 0 Å². The van der Waals surface area contributed by atoms with Crippen LogP contribution in [0.5, 0.6) is 0 Å². The fourth-order valence-corrected chi connectivity index (χ4v) is 1.11. The second kappa shape index (κ2) is 5.32.